The van der Waals surface area contributed by atoms with E-state index in [1.807, 2.05) is 17.2 Å². The highest BCUT2D eigenvalue weighted by molar-refractivity contribution is 7.13. The van der Waals surface area contributed by atoms with E-state index < -0.39 is 0 Å². The average molecular weight is 307 g/mol. The van der Waals surface area contributed by atoms with Gasteiger partial charge in [0.25, 0.3) is 0 Å². The molecular formula is C15H21N3O2S. The summed E-state index contributed by atoms with van der Waals surface area (Å²) in [4.78, 5) is 30.4. The Balaban J connectivity index is 1.57. The van der Waals surface area contributed by atoms with Gasteiger partial charge in [-0.25, -0.2) is 4.98 Å². The third-order valence-electron chi connectivity index (χ3n) is 4.20. The molecule has 21 heavy (non-hydrogen) atoms. The maximum Gasteiger partial charge on any atom is 0.231 e. The van der Waals surface area contributed by atoms with E-state index in [1.165, 1.54) is 24.2 Å². The predicted molar refractivity (Wildman–Crippen MR) is 82.3 cm³/mol. The van der Waals surface area contributed by atoms with Gasteiger partial charge >= 0.3 is 0 Å². The number of nitrogens with one attached hydrogen (secondary N) is 1. The van der Waals surface area contributed by atoms with Crippen molar-refractivity contribution in [3.05, 3.63) is 11.1 Å². The van der Waals surface area contributed by atoms with Crippen LogP contribution in [0.4, 0.5) is 5.13 Å². The highest BCUT2D eigenvalue weighted by atomic mass is 32.1. The molecule has 1 saturated heterocycles. The Morgan fingerprint density at radius 1 is 1.43 bits per heavy atom. The van der Waals surface area contributed by atoms with Crippen LogP contribution < -0.4 is 5.32 Å². The highest BCUT2D eigenvalue weighted by Crippen LogP contribution is 2.40. The summed E-state index contributed by atoms with van der Waals surface area (Å²) in [6, 6.07) is 0. The Morgan fingerprint density at radius 3 is 2.95 bits per heavy atom. The van der Waals surface area contributed by atoms with Crippen molar-refractivity contribution < 1.29 is 9.59 Å². The lowest BCUT2D eigenvalue weighted by molar-refractivity contribution is -0.134. The predicted octanol–water partition coefficient (Wildman–Crippen LogP) is 2.61. The molecule has 3 rings (SSSR count). The lowest BCUT2D eigenvalue weighted by atomic mass is 9.97. The quantitative estimate of drug-likeness (QED) is 0.930. The Hall–Kier alpha value is -1.43. The fourth-order valence-electron chi connectivity index (χ4n) is 2.76. The number of hydrogen-bond donors (Lipinski definition) is 1. The lowest BCUT2D eigenvalue weighted by Gasteiger charge is -2.31. The number of likely N-dealkylation sites (tertiary alicyclic amines) is 1. The molecule has 0 aromatic carbocycles. The van der Waals surface area contributed by atoms with Crippen molar-refractivity contribution in [3.63, 3.8) is 0 Å². The van der Waals surface area contributed by atoms with Crippen molar-refractivity contribution >= 4 is 28.3 Å². The first kappa shape index (κ1) is 14.5. The molecule has 2 heterocycles. The smallest absolute Gasteiger partial charge is 0.231 e. The zero-order chi connectivity index (χ0) is 14.8. The highest BCUT2D eigenvalue weighted by Gasteiger charge is 2.29. The molecule has 114 valence electrons. The Bertz CT molecular complexity index is 539. The molecular weight excluding hydrogens is 286 g/mol. The SMILES string of the molecule is CCC(=O)N1CCC[C@H](C(=O)Nc2nc(C3CC3)cs2)C1. The fraction of sp³-hybridized carbons (Fsp3) is 0.667. The number of nitrogens with zero attached hydrogens (tertiary/aromatic N) is 2. The first-order valence-electron chi connectivity index (χ1n) is 7.71. The van der Waals surface area contributed by atoms with Gasteiger partial charge in [0, 0.05) is 30.8 Å². The summed E-state index contributed by atoms with van der Waals surface area (Å²) in [5.74, 6) is 0.639. The van der Waals surface area contributed by atoms with Gasteiger partial charge in [-0.2, -0.15) is 0 Å². The van der Waals surface area contributed by atoms with E-state index in [-0.39, 0.29) is 17.7 Å². The molecule has 1 aliphatic carbocycles. The molecule has 0 radical (unpaired) electrons. The molecule has 0 spiro atoms. The molecule has 1 N–H and O–H groups in total. The zero-order valence-electron chi connectivity index (χ0n) is 12.3. The second-order valence-electron chi connectivity index (χ2n) is 5.87. The largest absolute Gasteiger partial charge is 0.342 e. The second-order valence-corrected chi connectivity index (χ2v) is 6.73. The van der Waals surface area contributed by atoms with Gasteiger partial charge in [0.15, 0.2) is 5.13 Å². The van der Waals surface area contributed by atoms with Crippen molar-refractivity contribution in [1.29, 1.82) is 0 Å². The first-order chi connectivity index (χ1) is 10.2. The van der Waals surface area contributed by atoms with Gasteiger partial charge in [0.1, 0.15) is 0 Å². The van der Waals surface area contributed by atoms with E-state index in [9.17, 15) is 9.59 Å². The minimum absolute atomic E-state index is 0.000278. The molecule has 0 unspecified atom stereocenters. The lowest BCUT2D eigenvalue weighted by Crippen LogP contribution is -2.43. The number of thiazole rings is 1. The number of amides is 2. The number of piperidine rings is 1. The van der Waals surface area contributed by atoms with Crippen molar-refractivity contribution in [3.8, 4) is 0 Å². The minimum Gasteiger partial charge on any atom is -0.342 e. The third-order valence-corrected chi connectivity index (χ3v) is 4.97. The van der Waals surface area contributed by atoms with E-state index in [1.54, 1.807) is 0 Å². The summed E-state index contributed by atoms with van der Waals surface area (Å²) >= 11 is 1.50. The molecule has 1 aliphatic heterocycles. The van der Waals surface area contributed by atoms with Crippen LogP contribution in [0, 0.1) is 5.92 Å². The van der Waals surface area contributed by atoms with Gasteiger partial charge in [-0.1, -0.05) is 6.92 Å². The van der Waals surface area contributed by atoms with Crippen LogP contribution in [0.25, 0.3) is 0 Å². The monoisotopic (exact) mass is 307 g/mol. The van der Waals surface area contributed by atoms with Gasteiger partial charge in [0.2, 0.25) is 11.8 Å². The van der Waals surface area contributed by atoms with Crippen LogP contribution in [0.3, 0.4) is 0 Å². The molecule has 2 fully saturated rings. The number of anilines is 1. The molecule has 1 aromatic heterocycles. The number of rotatable bonds is 4. The number of hydrogen-bond acceptors (Lipinski definition) is 4. The molecule has 1 saturated carbocycles. The average Bonchev–Trinajstić information content (AvgIpc) is 3.27. The van der Waals surface area contributed by atoms with E-state index in [4.69, 9.17) is 0 Å². The fourth-order valence-corrected chi connectivity index (χ4v) is 3.55. The van der Waals surface area contributed by atoms with Gasteiger partial charge in [-0.05, 0) is 25.7 Å². The van der Waals surface area contributed by atoms with Crippen molar-refractivity contribution in [2.45, 2.75) is 44.9 Å². The number of carbonyl (C=O) groups is 2. The number of aromatic nitrogens is 1. The summed E-state index contributed by atoms with van der Waals surface area (Å²) in [5.41, 5.74) is 1.11. The van der Waals surface area contributed by atoms with Gasteiger partial charge < -0.3 is 10.2 Å². The van der Waals surface area contributed by atoms with Crippen LogP contribution in [-0.2, 0) is 9.59 Å². The van der Waals surface area contributed by atoms with Crippen LogP contribution in [0.2, 0.25) is 0 Å². The van der Waals surface area contributed by atoms with E-state index in [2.05, 4.69) is 10.3 Å². The maximum atomic E-state index is 12.3. The Morgan fingerprint density at radius 2 is 2.24 bits per heavy atom. The molecule has 0 bridgehead atoms. The van der Waals surface area contributed by atoms with Crippen LogP contribution in [0.5, 0.6) is 0 Å². The molecule has 1 aromatic rings. The third kappa shape index (κ3) is 3.43. The Labute approximate surface area is 128 Å². The molecule has 2 aliphatic rings. The summed E-state index contributed by atoms with van der Waals surface area (Å²) < 4.78 is 0. The molecule has 5 nitrogen and oxygen atoms in total. The van der Waals surface area contributed by atoms with E-state index >= 15 is 0 Å². The Kier molecular flexibility index (Phi) is 4.24. The minimum atomic E-state index is -0.109. The summed E-state index contributed by atoms with van der Waals surface area (Å²) in [7, 11) is 0. The van der Waals surface area contributed by atoms with Gasteiger partial charge in [-0.3, -0.25) is 9.59 Å². The van der Waals surface area contributed by atoms with Crippen molar-refractivity contribution in [2.75, 3.05) is 18.4 Å². The van der Waals surface area contributed by atoms with Crippen LogP contribution in [0.1, 0.15) is 50.6 Å². The zero-order valence-corrected chi connectivity index (χ0v) is 13.1. The first-order valence-corrected chi connectivity index (χ1v) is 8.59. The molecule has 1 atom stereocenters. The van der Waals surface area contributed by atoms with Crippen LogP contribution >= 0.6 is 11.3 Å². The van der Waals surface area contributed by atoms with Crippen LogP contribution in [-0.4, -0.2) is 34.8 Å². The standard InChI is InChI=1S/C15H21N3O2S/c1-2-13(19)18-7-3-4-11(8-18)14(20)17-15-16-12(9-21-15)10-5-6-10/h9-11H,2-8H2,1H3,(H,16,17,20)/t11-/m0/s1. The summed E-state index contributed by atoms with van der Waals surface area (Å²) in [5, 5.41) is 5.66. The maximum absolute atomic E-state index is 12.3. The normalized spacial score (nSPS) is 22.1. The van der Waals surface area contributed by atoms with E-state index in [0.29, 0.717) is 24.0 Å². The topological polar surface area (TPSA) is 62.3 Å². The van der Waals surface area contributed by atoms with Gasteiger partial charge in [-0.15, -0.1) is 11.3 Å². The van der Waals surface area contributed by atoms with E-state index in [0.717, 1.165) is 25.1 Å². The second kappa shape index (κ2) is 6.13. The van der Waals surface area contributed by atoms with Crippen molar-refractivity contribution in [2.24, 2.45) is 5.92 Å². The van der Waals surface area contributed by atoms with Crippen LogP contribution in [0.15, 0.2) is 5.38 Å². The molecule has 6 heteroatoms. The number of carbonyl (C=O) groups excluding carboxylic acids is 2. The van der Waals surface area contributed by atoms with Crippen molar-refractivity contribution in [1.82, 2.24) is 9.88 Å². The summed E-state index contributed by atoms with van der Waals surface area (Å²) in [6.07, 6.45) is 4.68. The van der Waals surface area contributed by atoms with Gasteiger partial charge in [0.05, 0.1) is 11.6 Å². The molecule has 2 amide bonds. The summed E-state index contributed by atoms with van der Waals surface area (Å²) in [6.45, 7) is 3.18.